The molecule has 0 bridgehead atoms. The molecule has 132 valence electrons. The van der Waals surface area contributed by atoms with Crippen LogP contribution in [0.1, 0.15) is 55.3 Å². The number of benzene rings is 1. The molecule has 0 spiro atoms. The number of amides is 1. The van der Waals surface area contributed by atoms with E-state index in [0.29, 0.717) is 24.1 Å². The van der Waals surface area contributed by atoms with Crippen LogP contribution in [0.5, 0.6) is 0 Å². The summed E-state index contributed by atoms with van der Waals surface area (Å²) >= 11 is 0. The molecule has 1 aromatic carbocycles. The Hall–Kier alpha value is -2.70. The maximum atomic E-state index is 12.2. The van der Waals surface area contributed by atoms with Crippen molar-refractivity contribution in [3.05, 3.63) is 40.6 Å². The lowest BCUT2D eigenvalue weighted by Gasteiger charge is -2.06. The SMILES string of the molecule is Cc1cc(C)c2c(c1)/C(=N\O[C@H](C)c1nnc(CC(C)C)o1)C(=O)N2. The lowest BCUT2D eigenvalue weighted by molar-refractivity contribution is -0.110. The highest BCUT2D eigenvalue weighted by Gasteiger charge is 2.29. The number of hydrogen-bond donors (Lipinski definition) is 1. The first-order valence-electron chi connectivity index (χ1n) is 8.34. The quantitative estimate of drug-likeness (QED) is 0.842. The molecular formula is C18H22N4O3. The molecule has 0 aliphatic carbocycles. The number of hydrogen-bond acceptors (Lipinski definition) is 6. The van der Waals surface area contributed by atoms with Crippen molar-refractivity contribution >= 4 is 17.3 Å². The molecule has 2 aromatic rings. The van der Waals surface area contributed by atoms with E-state index in [1.807, 2.05) is 26.0 Å². The van der Waals surface area contributed by atoms with Crippen molar-refractivity contribution in [1.82, 2.24) is 10.2 Å². The van der Waals surface area contributed by atoms with Gasteiger partial charge in [0.05, 0.1) is 5.69 Å². The van der Waals surface area contributed by atoms with Crippen LogP contribution in [0.15, 0.2) is 21.7 Å². The second kappa shape index (κ2) is 6.66. The molecule has 1 aliphatic rings. The molecule has 0 fully saturated rings. The lowest BCUT2D eigenvalue weighted by Crippen LogP contribution is -2.15. The van der Waals surface area contributed by atoms with Gasteiger partial charge in [0.15, 0.2) is 5.71 Å². The molecule has 1 aromatic heterocycles. The average molecular weight is 342 g/mol. The summed E-state index contributed by atoms with van der Waals surface area (Å²) in [6.07, 6.45) is 0.173. The molecule has 2 heterocycles. The fourth-order valence-corrected chi connectivity index (χ4v) is 2.75. The van der Waals surface area contributed by atoms with E-state index in [0.717, 1.165) is 22.4 Å². The number of oxime groups is 1. The molecule has 1 N–H and O–H groups in total. The average Bonchev–Trinajstić information content (AvgIpc) is 3.09. The predicted octanol–water partition coefficient (Wildman–Crippen LogP) is 3.32. The van der Waals surface area contributed by atoms with Gasteiger partial charge in [-0.1, -0.05) is 30.6 Å². The third-order valence-corrected chi connectivity index (χ3v) is 3.90. The number of aromatic nitrogens is 2. The van der Waals surface area contributed by atoms with Gasteiger partial charge >= 0.3 is 0 Å². The molecule has 1 amide bonds. The van der Waals surface area contributed by atoms with Crippen LogP contribution in [0.3, 0.4) is 0 Å². The highest BCUT2D eigenvalue weighted by atomic mass is 16.6. The summed E-state index contributed by atoms with van der Waals surface area (Å²) in [4.78, 5) is 17.7. The number of nitrogens with zero attached hydrogens (tertiary/aromatic N) is 3. The van der Waals surface area contributed by atoms with Crippen LogP contribution in [0.4, 0.5) is 5.69 Å². The van der Waals surface area contributed by atoms with E-state index < -0.39 is 6.10 Å². The van der Waals surface area contributed by atoms with Crippen molar-refractivity contribution in [2.75, 3.05) is 5.32 Å². The van der Waals surface area contributed by atoms with E-state index in [2.05, 4.69) is 34.5 Å². The van der Waals surface area contributed by atoms with Crippen LogP contribution >= 0.6 is 0 Å². The smallest absolute Gasteiger partial charge is 0.278 e. The van der Waals surface area contributed by atoms with Gasteiger partial charge in [-0.25, -0.2) is 0 Å². The first kappa shape index (κ1) is 17.1. The largest absolute Gasteiger partial charge is 0.421 e. The van der Waals surface area contributed by atoms with E-state index in [-0.39, 0.29) is 11.6 Å². The molecule has 7 nitrogen and oxygen atoms in total. The topological polar surface area (TPSA) is 89.6 Å². The minimum atomic E-state index is -0.538. The van der Waals surface area contributed by atoms with Gasteiger partial charge in [-0.15, -0.1) is 10.2 Å². The van der Waals surface area contributed by atoms with Gasteiger partial charge in [0.2, 0.25) is 12.0 Å². The van der Waals surface area contributed by atoms with Gasteiger partial charge in [-0.2, -0.15) is 0 Å². The fraction of sp³-hybridized carbons (Fsp3) is 0.444. The second-order valence-corrected chi connectivity index (χ2v) is 6.78. The van der Waals surface area contributed by atoms with Crippen LogP contribution in [0.25, 0.3) is 0 Å². The summed E-state index contributed by atoms with van der Waals surface area (Å²) in [7, 11) is 0. The first-order chi connectivity index (χ1) is 11.8. The number of carbonyl (C=O) groups excluding carboxylic acids is 1. The molecule has 0 saturated carbocycles. The minimum absolute atomic E-state index is 0.260. The van der Waals surface area contributed by atoms with Crippen LogP contribution in [-0.4, -0.2) is 21.8 Å². The molecular weight excluding hydrogens is 320 g/mol. The summed E-state index contributed by atoms with van der Waals surface area (Å²) in [5, 5.41) is 14.9. The number of nitrogens with one attached hydrogen (secondary N) is 1. The van der Waals surface area contributed by atoms with Crippen molar-refractivity contribution in [1.29, 1.82) is 0 Å². The standard InChI is InChI=1S/C18H22N4O3/c1-9(2)6-14-20-21-18(24-14)12(5)25-22-16-13-8-10(3)7-11(4)15(13)19-17(16)23/h7-9,12H,6H2,1-5H3,(H,19,22,23)/t12-/m1/s1. The lowest BCUT2D eigenvalue weighted by atomic mass is 10.0. The van der Waals surface area contributed by atoms with E-state index in [1.165, 1.54) is 0 Å². The summed E-state index contributed by atoms with van der Waals surface area (Å²) < 4.78 is 5.59. The Balaban J connectivity index is 1.78. The summed E-state index contributed by atoms with van der Waals surface area (Å²) in [6.45, 7) is 9.84. The van der Waals surface area contributed by atoms with Crippen LogP contribution in [0, 0.1) is 19.8 Å². The number of carbonyl (C=O) groups is 1. The Morgan fingerprint density at radius 3 is 2.72 bits per heavy atom. The Morgan fingerprint density at radius 2 is 2.00 bits per heavy atom. The van der Waals surface area contributed by atoms with Crippen molar-refractivity contribution in [2.45, 2.75) is 47.1 Å². The molecule has 0 radical (unpaired) electrons. The molecule has 7 heteroatoms. The Labute approximate surface area is 146 Å². The molecule has 1 aliphatic heterocycles. The third-order valence-electron chi connectivity index (χ3n) is 3.90. The fourth-order valence-electron chi connectivity index (χ4n) is 2.75. The van der Waals surface area contributed by atoms with Gasteiger partial charge in [0.1, 0.15) is 0 Å². The third kappa shape index (κ3) is 3.55. The Bertz CT molecular complexity index is 839. The van der Waals surface area contributed by atoms with E-state index >= 15 is 0 Å². The van der Waals surface area contributed by atoms with Crippen LogP contribution in [0.2, 0.25) is 0 Å². The van der Waals surface area contributed by atoms with Gasteiger partial charge in [-0.3, -0.25) is 4.79 Å². The van der Waals surface area contributed by atoms with Crippen molar-refractivity contribution in [3.63, 3.8) is 0 Å². The van der Waals surface area contributed by atoms with Gasteiger partial charge < -0.3 is 14.6 Å². The summed E-state index contributed by atoms with van der Waals surface area (Å²) in [5.41, 5.74) is 3.85. The van der Waals surface area contributed by atoms with E-state index in [4.69, 9.17) is 9.25 Å². The van der Waals surface area contributed by atoms with Crippen LogP contribution in [-0.2, 0) is 16.1 Å². The Morgan fingerprint density at radius 1 is 1.24 bits per heavy atom. The molecule has 25 heavy (non-hydrogen) atoms. The maximum Gasteiger partial charge on any atom is 0.278 e. The van der Waals surface area contributed by atoms with Gasteiger partial charge in [-0.05, 0) is 38.3 Å². The maximum absolute atomic E-state index is 12.2. The molecule has 0 unspecified atom stereocenters. The van der Waals surface area contributed by atoms with Crippen molar-refractivity contribution in [3.8, 4) is 0 Å². The normalized spacial score (nSPS) is 16.2. The zero-order valence-electron chi connectivity index (χ0n) is 15.1. The van der Waals surface area contributed by atoms with Crippen LogP contribution < -0.4 is 5.32 Å². The van der Waals surface area contributed by atoms with E-state index in [9.17, 15) is 4.79 Å². The zero-order valence-corrected chi connectivity index (χ0v) is 15.1. The number of rotatable bonds is 5. The molecule has 3 rings (SSSR count). The van der Waals surface area contributed by atoms with Gasteiger partial charge in [0, 0.05) is 12.0 Å². The summed E-state index contributed by atoms with van der Waals surface area (Å²) in [5.74, 6) is 1.07. The number of anilines is 1. The van der Waals surface area contributed by atoms with Gasteiger partial charge in [0.25, 0.3) is 11.8 Å². The summed E-state index contributed by atoms with van der Waals surface area (Å²) in [6, 6.07) is 3.93. The zero-order chi connectivity index (χ0) is 18.1. The number of fused-ring (bicyclic) bond motifs is 1. The van der Waals surface area contributed by atoms with Crippen molar-refractivity contribution in [2.24, 2.45) is 11.1 Å². The monoisotopic (exact) mass is 342 g/mol. The highest BCUT2D eigenvalue weighted by Crippen LogP contribution is 2.29. The number of aryl methyl sites for hydroxylation is 2. The first-order valence-corrected chi connectivity index (χ1v) is 8.34. The Kier molecular flexibility index (Phi) is 4.57. The van der Waals surface area contributed by atoms with Crippen molar-refractivity contribution < 1.29 is 14.0 Å². The minimum Gasteiger partial charge on any atom is -0.421 e. The molecule has 1 atom stereocenters. The second-order valence-electron chi connectivity index (χ2n) is 6.78. The van der Waals surface area contributed by atoms with E-state index in [1.54, 1.807) is 6.92 Å². The molecule has 0 saturated heterocycles. The predicted molar refractivity (Wildman–Crippen MR) is 93.4 cm³/mol. The highest BCUT2D eigenvalue weighted by molar-refractivity contribution is 6.53.